The molecule has 0 aromatic heterocycles. The van der Waals surface area contributed by atoms with E-state index < -0.39 is 0 Å². The molecular weight excluding hydrogens is 267 g/mol. The van der Waals surface area contributed by atoms with E-state index in [2.05, 4.69) is 0 Å². The topological polar surface area (TPSA) is 46.3 Å². The Morgan fingerprint density at radius 2 is 1.76 bits per heavy atom. The highest BCUT2D eigenvalue weighted by Gasteiger charge is 2.16. The zero-order valence-electron chi connectivity index (χ0n) is 12.0. The van der Waals surface area contributed by atoms with Crippen molar-refractivity contribution in [3.05, 3.63) is 71.5 Å². The quantitative estimate of drug-likeness (QED) is 0.918. The van der Waals surface area contributed by atoms with Gasteiger partial charge in [0.05, 0.1) is 0 Å². The first kappa shape index (κ1) is 15.2. The Labute approximate surface area is 124 Å². The van der Waals surface area contributed by atoms with Crippen LogP contribution in [0.1, 0.15) is 23.6 Å². The second-order valence-electron chi connectivity index (χ2n) is 5.06. The van der Waals surface area contributed by atoms with Gasteiger partial charge >= 0.3 is 0 Å². The van der Waals surface area contributed by atoms with Gasteiger partial charge in [-0.1, -0.05) is 48.5 Å². The lowest BCUT2D eigenvalue weighted by Gasteiger charge is -2.20. The van der Waals surface area contributed by atoms with Crippen LogP contribution in [0.2, 0.25) is 0 Å². The molecule has 3 nitrogen and oxygen atoms in total. The van der Waals surface area contributed by atoms with Crippen LogP contribution in [0.4, 0.5) is 4.39 Å². The number of benzene rings is 2. The van der Waals surface area contributed by atoms with Crippen LogP contribution in [0.5, 0.6) is 0 Å². The monoisotopic (exact) mass is 286 g/mol. The number of nitrogens with two attached hydrogens (primary N) is 1. The second kappa shape index (κ2) is 6.99. The molecule has 21 heavy (non-hydrogen) atoms. The number of carbonyl (C=O) groups is 1. The van der Waals surface area contributed by atoms with Crippen molar-refractivity contribution in [2.75, 3.05) is 7.05 Å². The van der Waals surface area contributed by atoms with Crippen LogP contribution >= 0.6 is 0 Å². The molecular formula is C17H19FN2O. The third-order valence-corrected chi connectivity index (χ3v) is 3.41. The van der Waals surface area contributed by atoms with Crippen LogP contribution < -0.4 is 5.73 Å². The molecule has 0 spiro atoms. The summed E-state index contributed by atoms with van der Waals surface area (Å²) in [6, 6.07) is 15.6. The SMILES string of the molecule is CN(Cc1ccccc1F)C(=O)CC(N)c1ccccc1. The summed E-state index contributed by atoms with van der Waals surface area (Å²) in [6.07, 6.45) is 0.203. The van der Waals surface area contributed by atoms with Crippen LogP contribution in [0.15, 0.2) is 54.6 Å². The normalized spacial score (nSPS) is 12.0. The second-order valence-corrected chi connectivity index (χ2v) is 5.06. The molecule has 2 rings (SSSR count). The van der Waals surface area contributed by atoms with E-state index in [0.717, 1.165) is 5.56 Å². The minimum atomic E-state index is -0.346. The van der Waals surface area contributed by atoms with E-state index in [1.165, 1.54) is 11.0 Å². The minimum Gasteiger partial charge on any atom is -0.341 e. The van der Waals surface area contributed by atoms with Gasteiger partial charge in [-0.05, 0) is 11.6 Å². The number of amides is 1. The van der Waals surface area contributed by atoms with E-state index in [9.17, 15) is 9.18 Å². The molecule has 0 heterocycles. The Balaban J connectivity index is 1.95. The average Bonchev–Trinajstić information content (AvgIpc) is 2.50. The Kier molecular flexibility index (Phi) is 5.06. The summed E-state index contributed by atoms with van der Waals surface area (Å²) in [7, 11) is 1.66. The fourth-order valence-corrected chi connectivity index (χ4v) is 2.13. The molecule has 0 bridgehead atoms. The summed E-state index contributed by atoms with van der Waals surface area (Å²) in [4.78, 5) is 13.7. The molecule has 0 saturated carbocycles. The lowest BCUT2D eigenvalue weighted by Crippen LogP contribution is -2.29. The first-order valence-electron chi connectivity index (χ1n) is 6.86. The van der Waals surface area contributed by atoms with E-state index >= 15 is 0 Å². The third-order valence-electron chi connectivity index (χ3n) is 3.41. The van der Waals surface area contributed by atoms with E-state index in [1.807, 2.05) is 30.3 Å². The van der Waals surface area contributed by atoms with Crippen LogP contribution in [-0.4, -0.2) is 17.9 Å². The molecule has 0 radical (unpaired) electrons. The molecule has 0 fully saturated rings. The number of rotatable bonds is 5. The molecule has 2 aromatic carbocycles. The van der Waals surface area contributed by atoms with Gasteiger partial charge in [-0.15, -0.1) is 0 Å². The molecule has 0 aliphatic rings. The Bertz CT molecular complexity index is 601. The van der Waals surface area contributed by atoms with Gasteiger partial charge in [-0.25, -0.2) is 4.39 Å². The van der Waals surface area contributed by atoms with Crippen LogP contribution in [0.3, 0.4) is 0 Å². The van der Waals surface area contributed by atoms with Gasteiger partial charge in [-0.3, -0.25) is 4.79 Å². The highest BCUT2D eigenvalue weighted by molar-refractivity contribution is 5.76. The molecule has 4 heteroatoms. The van der Waals surface area contributed by atoms with Crippen molar-refractivity contribution in [3.8, 4) is 0 Å². The van der Waals surface area contributed by atoms with Gasteiger partial charge in [0, 0.05) is 31.6 Å². The molecule has 1 unspecified atom stereocenters. The fraction of sp³-hybridized carbons (Fsp3) is 0.235. The van der Waals surface area contributed by atoms with Gasteiger partial charge in [0.25, 0.3) is 0 Å². The zero-order valence-corrected chi connectivity index (χ0v) is 12.0. The van der Waals surface area contributed by atoms with Gasteiger partial charge < -0.3 is 10.6 Å². The van der Waals surface area contributed by atoms with E-state index in [4.69, 9.17) is 5.73 Å². The Hall–Kier alpha value is -2.20. The summed E-state index contributed by atoms with van der Waals surface area (Å²) >= 11 is 0. The highest BCUT2D eigenvalue weighted by atomic mass is 19.1. The van der Waals surface area contributed by atoms with Crippen molar-refractivity contribution in [3.63, 3.8) is 0 Å². The third kappa shape index (κ3) is 4.13. The number of carbonyl (C=O) groups excluding carboxylic acids is 1. The lowest BCUT2D eigenvalue weighted by atomic mass is 10.0. The van der Waals surface area contributed by atoms with Crippen molar-refractivity contribution < 1.29 is 9.18 Å². The van der Waals surface area contributed by atoms with Crippen molar-refractivity contribution in [2.24, 2.45) is 5.73 Å². The van der Waals surface area contributed by atoms with Gasteiger partial charge in [0.1, 0.15) is 5.82 Å². The average molecular weight is 286 g/mol. The maximum absolute atomic E-state index is 13.6. The van der Waals surface area contributed by atoms with Gasteiger partial charge in [0.2, 0.25) is 5.91 Å². The lowest BCUT2D eigenvalue weighted by molar-refractivity contribution is -0.130. The van der Waals surface area contributed by atoms with Gasteiger partial charge in [0.15, 0.2) is 0 Å². The Morgan fingerprint density at radius 1 is 1.14 bits per heavy atom. The summed E-state index contributed by atoms with van der Waals surface area (Å²) in [5, 5.41) is 0. The smallest absolute Gasteiger partial charge is 0.224 e. The van der Waals surface area contributed by atoms with Crippen molar-refractivity contribution in [1.29, 1.82) is 0 Å². The maximum atomic E-state index is 13.6. The van der Waals surface area contributed by atoms with Gasteiger partial charge in [-0.2, -0.15) is 0 Å². The number of nitrogens with zero attached hydrogens (tertiary/aromatic N) is 1. The molecule has 1 atom stereocenters. The van der Waals surface area contributed by atoms with E-state index in [1.54, 1.807) is 25.2 Å². The molecule has 2 aromatic rings. The predicted molar refractivity (Wildman–Crippen MR) is 80.9 cm³/mol. The number of hydrogen-bond acceptors (Lipinski definition) is 2. The molecule has 2 N–H and O–H groups in total. The van der Waals surface area contributed by atoms with Crippen LogP contribution in [-0.2, 0) is 11.3 Å². The first-order chi connectivity index (χ1) is 10.1. The van der Waals surface area contributed by atoms with E-state index in [0.29, 0.717) is 5.56 Å². The Morgan fingerprint density at radius 3 is 2.43 bits per heavy atom. The van der Waals surface area contributed by atoms with Crippen LogP contribution in [0.25, 0.3) is 0 Å². The van der Waals surface area contributed by atoms with Crippen LogP contribution in [0, 0.1) is 5.82 Å². The molecule has 0 aliphatic heterocycles. The predicted octanol–water partition coefficient (Wildman–Crippen LogP) is 2.87. The van der Waals surface area contributed by atoms with E-state index in [-0.39, 0.29) is 30.7 Å². The van der Waals surface area contributed by atoms with Crippen molar-refractivity contribution in [1.82, 2.24) is 4.90 Å². The highest BCUT2D eigenvalue weighted by Crippen LogP contribution is 2.16. The molecule has 110 valence electrons. The van der Waals surface area contributed by atoms with Crippen molar-refractivity contribution >= 4 is 5.91 Å². The summed E-state index contributed by atoms with van der Waals surface area (Å²) in [6.45, 7) is 0.243. The molecule has 0 saturated heterocycles. The number of hydrogen-bond donors (Lipinski definition) is 1. The number of halogens is 1. The molecule has 0 aliphatic carbocycles. The zero-order chi connectivity index (χ0) is 15.2. The molecule has 1 amide bonds. The summed E-state index contributed by atoms with van der Waals surface area (Å²) < 4.78 is 13.6. The summed E-state index contributed by atoms with van der Waals surface area (Å²) in [5.41, 5.74) is 7.46. The maximum Gasteiger partial charge on any atom is 0.224 e. The standard InChI is InChI=1S/C17H19FN2O/c1-20(12-14-9-5-6-10-15(14)18)17(21)11-16(19)13-7-3-2-4-8-13/h2-10,16H,11-12,19H2,1H3. The first-order valence-corrected chi connectivity index (χ1v) is 6.86. The fourth-order valence-electron chi connectivity index (χ4n) is 2.13. The summed E-state index contributed by atoms with van der Waals surface area (Å²) in [5.74, 6) is -0.404. The minimum absolute atomic E-state index is 0.102. The van der Waals surface area contributed by atoms with Crippen molar-refractivity contribution in [2.45, 2.75) is 19.0 Å². The largest absolute Gasteiger partial charge is 0.341 e.